The van der Waals surface area contributed by atoms with Gasteiger partial charge in [0.1, 0.15) is 5.82 Å². The van der Waals surface area contributed by atoms with E-state index in [1.165, 1.54) is 12.1 Å². The van der Waals surface area contributed by atoms with Crippen LogP contribution in [0.15, 0.2) is 78.9 Å². The van der Waals surface area contributed by atoms with Crippen molar-refractivity contribution >= 4 is 23.3 Å². The first-order valence-corrected chi connectivity index (χ1v) is 11.0. The number of halogens is 1. The molecule has 0 bridgehead atoms. The number of nitrogens with zero attached hydrogens (tertiary/aromatic N) is 2. The number of fused-ring (bicyclic) bond motifs is 3. The van der Waals surface area contributed by atoms with Crippen molar-refractivity contribution in [2.24, 2.45) is 0 Å². The lowest BCUT2D eigenvalue weighted by atomic mass is 9.71. The average Bonchev–Trinajstić information content (AvgIpc) is 2.81. The van der Waals surface area contributed by atoms with Crippen molar-refractivity contribution in [1.29, 1.82) is 0 Å². The zero-order valence-corrected chi connectivity index (χ0v) is 17.9. The highest BCUT2D eigenvalue weighted by Gasteiger charge is 2.55. The Balaban J connectivity index is 1.43. The molecule has 3 atom stereocenters. The minimum absolute atomic E-state index is 0.0663. The first-order chi connectivity index (χ1) is 16.1. The Bertz CT molecular complexity index is 1190. The van der Waals surface area contributed by atoms with Gasteiger partial charge in [0.2, 0.25) is 5.91 Å². The fourth-order valence-corrected chi connectivity index (χ4v) is 5.03. The summed E-state index contributed by atoms with van der Waals surface area (Å²) in [5.74, 6) is -0.670. The molecule has 2 N–H and O–H groups in total. The molecular weight excluding hydrogens is 421 g/mol. The summed E-state index contributed by atoms with van der Waals surface area (Å²) in [5.41, 5.74) is 2.61. The molecule has 0 saturated carbocycles. The summed E-state index contributed by atoms with van der Waals surface area (Å²) in [6, 6.07) is 21.9. The number of carbonyl (C=O) groups excluding carboxylic acids is 2. The molecule has 3 aromatic carbocycles. The number of aliphatic hydroxyl groups is 1. The van der Waals surface area contributed by atoms with Crippen LogP contribution in [-0.4, -0.2) is 47.2 Å². The number of hydrogen-bond acceptors (Lipinski definition) is 3. The summed E-state index contributed by atoms with van der Waals surface area (Å²) in [7, 11) is 0. The maximum Gasteiger partial charge on any atom is 0.326 e. The van der Waals surface area contributed by atoms with Crippen LogP contribution in [0.1, 0.15) is 17.0 Å². The van der Waals surface area contributed by atoms with Crippen LogP contribution >= 0.6 is 0 Å². The summed E-state index contributed by atoms with van der Waals surface area (Å²) in [4.78, 5) is 29.6. The number of para-hydroxylation sites is 2. The Morgan fingerprint density at radius 3 is 2.42 bits per heavy atom. The lowest BCUT2D eigenvalue weighted by Gasteiger charge is -2.58. The number of urea groups is 1. The molecule has 3 aromatic rings. The predicted molar refractivity (Wildman–Crippen MR) is 124 cm³/mol. The standard InChI is InChI=1S/C26H24FN3O3/c27-19-11-5-6-12-20(19)28-26(33)29-15-22-25(18-10-4-7-13-21(18)29)23(16-31)30(22)24(32)14-17-8-2-1-3-9-17/h1-13,22-23,25,31H,14-16H2,(H,28,33)/t22-,23+,25+/m0/s1. The Morgan fingerprint density at radius 2 is 1.67 bits per heavy atom. The van der Waals surface area contributed by atoms with Gasteiger partial charge in [0, 0.05) is 18.2 Å². The quantitative estimate of drug-likeness (QED) is 0.642. The van der Waals surface area contributed by atoms with E-state index >= 15 is 0 Å². The Hall–Kier alpha value is -3.71. The second kappa shape index (κ2) is 8.67. The molecule has 0 aliphatic carbocycles. The van der Waals surface area contributed by atoms with Gasteiger partial charge in [-0.3, -0.25) is 9.69 Å². The maximum atomic E-state index is 14.1. The summed E-state index contributed by atoms with van der Waals surface area (Å²) in [5, 5.41) is 12.8. The molecule has 0 spiro atoms. The van der Waals surface area contributed by atoms with Crippen LogP contribution in [-0.2, 0) is 11.2 Å². The molecule has 5 rings (SSSR count). The lowest BCUT2D eigenvalue weighted by molar-refractivity contribution is -0.149. The number of amides is 3. The molecule has 0 unspecified atom stereocenters. The molecule has 0 radical (unpaired) electrons. The van der Waals surface area contributed by atoms with Gasteiger partial charge in [-0.1, -0.05) is 60.7 Å². The normalized spacial score (nSPS) is 21.0. The van der Waals surface area contributed by atoms with Crippen LogP contribution in [0, 0.1) is 5.82 Å². The molecule has 6 nitrogen and oxygen atoms in total. The molecule has 0 aromatic heterocycles. The number of likely N-dealkylation sites (tertiary alicyclic amines) is 1. The van der Waals surface area contributed by atoms with Crippen molar-refractivity contribution in [2.75, 3.05) is 23.4 Å². The Labute approximate surface area is 191 Å². The largest absolute Gasteiger partial charge is 0.394 e. The maximum absolute atomic E-state index is 14.1. The second-order valence-corrected chi connectivity index (χ2v) is 8.39. The molecule has 2 aliphatic heterocycles. The minimum atomic E-state index is -0.516. The van der Waals surface area contributed by atoms with Crippen LogP contribution in [0.25, 0.3) is 0 Å². The number of benzene rings is 3. The van der Waals surface area contributed by atoms with Crippen molar-refractivity contribution in [2.45, 2.75) is 24.4 Å². The summed E-state index contributed by atoms with van der Waals surface area (Å²) >= 11 is 0. The monoisotopic (exact) mass is 445 g/mol. The number of hydrogen-bond donors (Lipinski definition) is 2. The van der Waals surface area contributed by atoms with Gasteiger partial charge in [0.15, 0.2) is 0 Å². The molecule has 168 valence electrons. The van der Waals surface area contributed by atoms with Crippen molar-refractivity contribution < 1.29 is 19.1 Å². The van der Waals surface area contributed by atoms with E-state index in [4.69, 9.17) is 0 Å². The number of aliphatic hydroxyl groups excluding tert-OH is 1. The molecule has 2 heterocycles. The lowest BCUT2D eigenvalue weighted by Crippen LogP contribution is -2.71. The van der Waals surface area contributed by atoms with E-state index in [9.17, 15) is 19.1 Å². The van der Waals surface area contributed by atoms with E-state index in [1.54, 1.807) is 21.9 Å². The van der Waals surface area contributed by atoms with E-state index < -0.39 is 11.8 Å². The first-order valence-electron chi connectivity index (χ1n) is 11.0. The van der Waals surface area contributed by atoms with Crippen LogP contribution in [0.5, 0.6) is 0 Å². The summed E-state index contributed by atoms with van der Waals surface area (Å²) < 4.78 is 14.1. The van der Waals surface area contributed by atoms with Gasteiger partial charge >= 0.3 is 6.03 Å². The van der Waals surface area contributed by atoms with E-state index in [1.807, 2.05) is 54.6 Å². The number of nitrogens with one attached hydrogen (secondary N) is 1. The van der Waals surface area contributed by atoms with E-state index in [-0.39, 0.29) is 49.2 Å². The highest BCUT2D eigenvalue weighted by atomic mass is 19.1. The molecule has 1 saturated heterocycles. The molecule has 7 heteroatoms. The summed E-state index contributed by atoms with van der Waals surface area (Å²) in [6.07, 6.45) is 0.226. The van der Waals surface area contributed by atoms with Gasteiger partial charge in [0.05, 0.1) is 30.8 Å². The van der Waals surface area contributed by atoms with Crippen molar-refractivity contribution in [1.82, 2.24) is 4.90 Å². The zero-order valence-electron chi connectivity index (χ0n) is 17.9. The number of anilines is 2. The van der Waals surface area contributed by atoms with E-state index in [0.717, 1.165) is 11.1 Å². The van der Waals surface area contributed by atoms with Gasteiger partial charge in [0.25, 0.3) is 0 Å². The second-order valence-electron chi connectivity index (χ2n) is 8.39. The fourth-order valence-electron chi connectivity index (χ4n) is 5.03. The number of carbonyl (C=O) groups is 2. The third-order valence-electron chi connectivity index (χ3n) is 6.53. The molecule has 2 aliphatic rings. The van der Waals surface area contributed by atoms with Gasteiger partial charge in [-0.15, -0.1) is 0 Å². The van der Waals surface area contributed by atoms with E-state index in [0.29, 0.717) is 5.69 Å². The average molecular weight is 445 g/mol. The SMILES string of the molecule is O=C(Nc1ccccc1F)N1C[C@H]2[C@@H](c3ccccc31)[C@@H](CO)N2C(=O)Cc1ccccc1. The van der Waals surface area contributed by atoms with Crippen LogP contribution in [0.4, 0.5) is 20.6 Å². The van der Waals surface area contributed by atoms with Gasteiger partial charge in [-0.2, -0.15) is 0 Å². The third kappa shape index (κ3) is 3.74. The predicted octanol–water partition coefficient (Wildman–Crippen LogP) is 3.78. The van der Waals surface area contributed by atoms with E-state index in [2.05, 4.69) is 5.32 Å². The van der Waals surface area contributed by atoms with Gasteiger partial charge < -0.3 is 15.3 Å². The highest BCUT2D eigenvalue weighted by Crippen LogP contribution is 2.48. The Morgan fingerprint density at radius 1 is 0.970 bits per heavy atom. The minimum Gasteiger partial charge on any atom is -0.394 e. The van der Waals surface area contributed by atoms with Gasteiger partial charge in [-0.05, 0) is 29.3 Å². The fraction of sp³-hybridized carbons (Fsp3) is 0.231. The van der Waals surface area contributed by atoms with Crippen molar-refractivity contribution in [3.8, 4) is 0 Å². The van der Waals surface area contributed by atoms with Crippen LogP contribution < -0.4 is 10.2 Å². The van der Waals surface area contributed by atoms with Crippen molar-refractivity contribution in [3.05, 3.63) is 95.8 Å². The first kappa shape index (κ1) is 21.2. The third-order valence-corrected chi connectivity index (χ3v) is 6.53. The molecule has 3 amide bonds. The molecule has 1 fully saturated rings. The van der Waals surface area contributed by atoms with Crippen LogP contribution in [0.2, 0.25) is 0 Å². The van der Waals surface area contributed by atoms with Crippen molar-refractivity contribution in [3.63, 3.8) is 0 Å². The molecular formula is C26H24FN3O3. The highest BCUT2D eigenvalue weighted by molar-refractivity contribution is 6.03. The smallest absolute Gasteiger partial charge is 0.326 e. The summed E-state index contributed by atoms with van der Waals surface area (Å²) in [6.45, 7) is 0.108. The van der Waals surface area contributed by atoms with Gasteiger partial charge in [-0.25, -0.2) is 9.18 Å². The zero-order chi connectivity index (χ0) is 22.9. The van der Waals surface area contributed by atoms with Crippen LogP contribution in [0.3, 0.4) is 0 Å². The number of rotatable bonds is 4. The Kier molecular flexibility index (Phi) is 5.56. The molecule has 33 heavy (non-hydrogen) atoms. The topological polar surface area (TPSA) is 72.9 Å².